The first-order valence-corrected chi connectivity index (χ1v) is 5.67. The largest absolute Gasteiger partial charge is 0.294 e. The highest BCUT2D eigenvalue weighted by Crippen LogP contribution is 2.01. The molecule has 5 nitrogen and oxygen atoms in total. The van der Waals surface area contributed by atoms with Gasteiger partial charge in [-0.05, 0) is 28.9 Å². The van der Waals surface area contributed by atoms with Crippen LogP contribution in [-0.2, 0) is 13.1 Å². The molecule has 0 amide bonds. The summed E-state index contributed by atoms with van der Waals surface area (Å²) < 4.78 is 3.90. The van der Waals surface area contributed by atoms with E-state index in [2.05, 4.69) is 26.0 Å². The van der Waals surface area contributed by atoms with Crippen molar-refractivity contribution in [2.75, 3.05) is 0 Å². The highest BCUT2D eigenvalue weighted by atomic mass is 79.9. The lowest BCUT2D eigenvalue weighted by Crippen LogP contribution is -2.26. The molecular formula is C10H11BrN4O. The van der Waals surface area contributed by atoms with E-state index in [1.165, 1.54) is 6.20 Å². The number of aromatic nitrogens is 4. The minimum Gasteiger partial charge on any atom is -0.294 e. The average molecular weight is 283 g/mol. The smallest absolute Gasteiger partial charge is 0.267 e. The predicted molar refractivity (Wildman–Crippen MR) is 63.2 cm³/mol. The van der Waals surface area contributed by atoms with E-state index >= 15 is 0 Å². The van der Waals surface area contributed by atoms with E-state index in [-0.39, 0.29) is 5.56 Å². The van der Waals surface area contributed by atoms with Crippen molar-refractivity contribution in [2.45, 2.75) is 20.0 Å². The van der Waals surface area contributed by atoms with Crippen LogP contribution in [0.3, 0.4) is 0 Å². The molecular weight excluding hydrogens is 272 g/mol. The monoisotopic (exact) mass is 282 g/mol. The number of halogens is 1. The van der Waals surface area contributed by atoms with Crippen molar-refractivity contribution in [1.29, 1.82) is 0 Å². The zero-order valence-corrected chi connectivity index (χ0v) is 10.4. The van der Waals surface area contributed by atoms with Crippen molar-refractivity contribution >= 4 is 15.9 Å². The molecule has 0 radical (unpaired) electrons. The zero-order valence-electron chi connectivity index (χ0n) is 8.80. The molecule has 0 aliphatic heterocycles. The third-order valence-electron chi connectivity index (χ3n) is 2.32. The van der Waals surface area contributed by atoms with Gasteiger partial charge in [0.2, 0.25) is 0 Å². The molecule has 0 saturated carbocycles. The minimum atomic E-state index is -0.0559. The van der Waals surface area contributed by atoms with Gasteiger partial charge in [-0.15, -0.1) is 0 Å². The van der Waals surface area contributed by atoms with Crippen LogP contribution in [0.25, 0.3) is 0 Å². The normalized spacial score (nSPS) is 10.6. The molecule has 0 aliphatic rings. The Hall–Kier alpha value is -1.43. The van der Waals surface area contributed by atoms with Crippen LogP contribution in [-0.4, -0.2) is 19.3 Å². The molecule has 6 heteroatoms. The van der Waals surface area contributed by atoms with E-state index in [0.717, 1.165) is 0 Å². The van der Waals surface area contributed by atoms with Crippen molar-refractivity contribution in [3.05, 3.63) is 45.3 Å². The minimum absolute atomic E-state index is 0.0559. The highest BCUT2D eigenvalue weighted by molar-refractivity contribution is 9.10. The molecule has 0 aromatic carbocycles. The summed E-state index contributed by atoms with van der Waals surface area (Å²) in [6.07, 6.45) is 5.11. The summed E-state index contributed by atoms with van der Waals surface area (Å²) in [4.78, 5) is 15.9. The average Bonchev–Trinajstić information content (AvgIpc) is 2.77. The molecule has 0 unspecified atom stereocenters. The van der Waals surface area contributed by atoms with Gasteiger partial charge >= 0.3 is 0 Å². The van der Waals surface area contributed by atoms with E-state index in [1.54, 1.807) is 15.4 Å². The maximum Gasteiger partial charge on any atom is 0.267 e. The van der Waals surface area contributed by atoms with Gasteiger partial charge in [0.05, 0.1) is 6.54 Å². The molecule has 0 bridgehead atoms. The van der Waals surface area contributed by atoms with E-state index in [9.17, 15) is 4.79 Å². The van der Waals surface area contributed by atoms with Gasteiger partial charge in [-0.25, -0.2) is 4.98 Å². The Balaban J connectivity index is 2.21. The lowest BCUT2D eigenvalue weighted by atomic mass is 10.5. The van der Waals surface area contributed by atoms with Crippen LogP contribution < -0.4 is 5.56 Å². The number of hydrogen-bond donors (Lipinski definition) is 0. The first kappa shape index (κ1) is 11.1. The molecule has 0 N–H and O–H groups in total. The third-order valence-corrected chi connectivity index (χ3v) is 2.86. The number of aryl methyl sites for hydroxylation is 2. The molecule has 0 fully saturated rings. The SMILES string of the molecule is Cc1ncc(Br)c(=O)n1CCn1cccn1. The standard InChI is InChI=1S/C10H11BrN4O/c1-8-12-7-9(11)10(16)15(8)6-5-14-4-2-3-13-14/h2-4,7H,5-6H2,1H3. The summed E-state index contributed by atoms with van der Waals surface area (Å²) in [5.41, 5.74) is -0.0559. The molecule has 0 saturated heterocycles. The first-order chi connectivity index (χ1) is 7.68. The number of rotatable bonds is 3. The fourth-order valence-corrected chi connectivity index (χ4v) is 1.77. The maximum absolute atomic E-state index is 11.8. The van der Waals surface area contributed by atoms with Gasteiger partial charge in [-0.2, -0.15) is 5.10 Å². The van der Waals surface area contributed by atoms with Crippen LogP contribution in [0, 0.1) is 6.92 Å². The number of hydrogen-bond acceptors (Lipinski definition) is 3. The van der Waals surface area contributed by atoms with Gasteiger partial charge in [0, 0.05) is 25.1 Å². The van der Waals surface area contributed by atoms with Crippen LogP contribution in [0.4, 0.5) is 0 Å². The summed E-state index contributed by atoms with van der Waals surface area (Å²) >= 11 is 3.18. The molecule has 2 heterocycles. The van der Waals surface area contributed by atoms with Crippen molar-refractivity contribution in [2.24, 2.45) is 0 Å². The second-order valence-corrected chi connectivity index (χ2v) is 4.23. The van der Waals surface area contributed by atoms with Gasteiger partial charge in [0.1, 0.15) is 10.3 Å². The lowest BCUT2D eigenvalue weighted by Gasteiger charge is -2.09. The van der Waals surface area contributed by atoms with E-state index in [4.69, 9.17) is 0 Å². The highest BCUT2D eigenvalue weighted by Gasteiger charge is 2.05. The quantitative estimate of drug-likeness (QED) is 0.850. The van der Waals surface area contributed by atoms with Gasteiger partial charge in [-0.1, -0.05) is 0 Å². The Morgan fingerprint density at radius 2 is 2.25 bits per heavy atom. The second-order valence-electron chi connectivity index (χ2n) is 3.38. The van der Waals surface area contributed by atoms with Crippen molar-refractivity contribution in [3.8, 4) is 0 Å². The van der Waals surface area contributed by atoms with Crippen molar-refractivity contribution in [1.82, 2.24) is 19.3 Å². The summed E-state index contributed by atoms with van der Waals surface area (Å²) in [6.45, 7) is 3.04. The van der Waals surface area contributed by atoms with Gasteiger partial charge < -0.3 is 0 Å². The van der Waals surface area contributed by atoms with Crippen molar-refractivity contribution in [3.63, 3.8) is 0 Å². The Morgan fingerprint density at radius 1 is 1.44 bits per heavy atom. The molecule has 0 spiro atoms. The topological polar surface area (TPSA) is 52.7 Å². The zero-order chi connectivity index (χ0) is 11.5. The molecule has 2 aromatic heterocycles. The van der Waals surface area contributed by atoms with E-state index in [0.29, 0.717) is 23.4 Å². The van der Waals surface area contributed by atoms with E-state index < -0.39 is 0 Å². The third kappa shape index (κ3) is 2.21. The van der Waals surface area contributed by atoms with Gasteiger partial charge in [0.25, 0.3) is 5.56 Å². The maximum atomic E-state index is 11.8. The first-order valence-electron chi connectivity index (χ1n) is 4.88. The van der Waals surface area contributed by atoms with Gasteiger partial charge in [0.15, 0.2) is 0 Å². The molecule has 0 aliphatic carbocycles. The summed E-state index contributed by atoms with van der Waals surface area (Å²) in [6, 6.07) is 1.86. The molecule has 2 aromatic rings. The molecule has 16 heavy (non-hydrogen) atoms. The summed E-state index contributed by atoms with van der Waals surface area (Å²) in [5, 5.41) is 4.08. The van der Waals surface area contributed by atoms with Crippen LogP contribution in [0.5, 0.6) is 0 Å². The molecule has 2 rings (SSSR count). The Kier molecular flexibility index (Phi) is 3.19. The lowest BCUT2D eigenvalue weighted by molar-refractivity contribution is 0.508. The summed E-state index contributed by atoms with van der Waals surface area (Å²) in [7, 11) is 0. The van der Waals surface area contributed by atoms with Crippen LogP contribution in [0.2, 0.25) is 0 Å². The Bertz CT molecular complexity index is 532. The fourth-order valence-electron chi connectivity index (χ4n) is 1.45. The molecule has 0 atom stereocenters. The van der Waals surface area contributed by atoms with Crippen molar-refractivity contribution < 1.29 is 0 Å². The Morgan fingerprint density at radius 3 is 2.94 bits per heavy atom. The van der Waals surface area contributed by atoms with E-state index in [1.807, 2.05) is 19.2 Å². The fraction of sp³-hybridized carbons (Fsp3) is 0.300. The summed E-state index contributed by atoms with van der Waals surface area (Å²) in [5.74, 6) is 0.709. The van der Waals surface area contributed by atoms with Crippen LogP contribution >= 0.6 is 15.9 Å². The second kappa shape index (κ2) is 4.61. The molecule has 84 valence electrons. The number of nitrogens with zero attached hydrogens (tertiary/aromatic N) is 4. The van der Waals surface area contributed by atoms with Gasteiger partial charge in [-0.3, -0.25) is 14.0 Å². The van der Waals surface area contributed by atoms with Crippen LogP contribution in [0.15, 0.2) is 33.9 Å². The predicted octanol–water partition coefficient (Wildman–Crippen LogP) is 1.21. The Labute approximate surface area is 101 Å². The van der Waals surface area contributed by atoms with Crippen LogP contribution in [0.1, 0.15) is 5.82 Å².